The molecule has 0 aromatic carbocycles. The number of amides is 2. The van der Waals surface area contributed by atoms with E-state index in [0.29, 0.717) is 0 Å². The topological polar surface area (TPSA) is 121 Å². The molecular formula is C24H40CaN2O6. The van der Waals surface area contributed by atoms with E-state index in [4.69, 9.17) is 0 Å². The van der Waals surface area contributed by atoms with Gasteiger partial charge >= 0.3 is 37.7 Å². The van der Waals surface area contributed by atoms with E-state index in [2.05, 4.69) is 13.8 Å². The molecule has 0 radical (unpaired) electrons. The van der Waals surface area contributed by atoms with Gasteiger partial charge in [-0.3, -0.25) is 9.59 Å². The number of carbonyl (C=O) groups excluding carboxylic acids is 4. The summed E-state index contributed by atoms with van der Waals surface area (Å²) in [4.78, 5) is 46.5. The van der Waals surface area contributed by atoms with Crippen LogP contribution in [0, 0.1) is 0 Å². The second-order valence-corrected chi connectivity index (χ2v) is 7.63. The van der Waals surface area contributed by atoms with Gasteiger partial charge < -0.3 is 29.6 Å². The summed E-state index contributed by atoms with van der Waals surface area (Å²) in [7, 11) is 2.95. The summed E-state index contributed by atoms with van der Waals surface area (Å²) in [6.45, 7) is 7.09. The second-order valence-electron chi connectivity index (χ2n) is 7.63. The number of unbranched alkanes of at least 4 members (excludes halogenated alkanes) is 4. The van der Waals surface area contributed by atoms with E-state index in [1.807, 2.05) is 12.2 Å². The molecule has 2 amide bonds. The van der Waals surface area contributed by atoms with Crippen LogP contribution in [0.15, 0.2) is 24.3 Å². The molecule has 2 atom stereocenters. The summed E-state index contributed by atoms with van der Waals surface area (Å²) < 4.78 is 0. The molecule has 0 aromatic rings. The van der Waals surface area contributed by atoms with Crippen LogP contribution in [0.25, 0.3) is 0 Å². The Bertz CT molecular complexity index is 582. The number of likely N-dealkylation sites (N-methyl/N-ethyl adjacent to an activating group) is 2. The molecule has 0 fully saturated rings. The third-order valence-corrected chi connectivity index (χ3v) is 5.00. The maximum absolute atomic E-state index is 11.5. The van der Waals surface area contributed by atoms with Crippen LogP contribution in [0.3, 0.4) is 0 Å². The van der Waals surface area contributed by atoms with Gasteiger partial charge in [-0.15, -0.1) is 0 Å². The molecule has 0 saturated heterocycles. The van der Waals surface area contributed by atoms with Crippen LogP contribution in [-0.4, -0.2) is 97.5 Å². The van der Waals surface area contributed by atoms with E-state index in [1.54, 1.807) is 12.2 Å². The average molecular weight is 493 g/mol. The van der Waals surface area contributed by atoms with Gasteiger partial charge in [0.05, 0.1) is 24.0 Å². The number of carbonyl (C=O) groups is 4. The van der Waals surface area contributed by atoms with Crippen LogP contribution in [0.2, 0.25) is 0 Å². The SMILES string of the molecule is CCCC/C=C/CC(=O)N(C)C(C)C(=O)[O-].CCCC/C=C/CC(=O)N(C)C(C)C(=O)[O-].[Ca+2]. The number of carboxylic acids is 2. The Morgan fingerprint density at radius 3 is 1.24 bits per heavy atom. The van der Waals surface area contributed by atoms with Crippen LogP contribution in [-0.2, 0) is 19.2 Å². The van der Waals surface area contributed by atoms with Crippen LogP contribution < -0.4 is 10.2 Å². The van der Waals surface area contributed by atoms with E-state index < -0.39 is 24.0 Å². The van der Waals surface area contributed by atoms with E-state index >= 15 is 0 Å². The van der Waals surface area contributed by atoms with E-state index in [1.165, 1.54) is 37.7 Å². The number of rotatable bonds is 14. The van der Waals surface area contributed by atoms with Gasteiger partial charge in [0, 0.05) is 26.9 Å². The normalized spacial score (nSPS) is 12.3. The summed E-state index contributed by atoms with van der Waals surface area (Å²) in [5.41, 5.74) is 0. The quantitative estimate of drug-likeness (QED) is 0.203. The zero-order valence-electron chi connectivity index (χ0n) is 21.2. The number of hydrogen-bond donors (Lipinski definition) is 0. The minimum atomic E-state index is -1.23. The zero-order valence-corrected chi connectivity index (χ0v) is 23.4. The van der Waals surface area contributed by atoms with Gasteiger partial charge in [-0.1, -0.05) is 63.8 Å². The van der Waals surface area contributed by atoms with Crippen molar-refractivity contribution in [1.29, 1.82) is 0 Å². The Morgan fingerprint density at radius 2 is 1.00 bits per heavy atom. The third-order valence-electron chi connectivity index (χ3n) is 5.00. The first-order chi connectivity index (χ1) is 15.0. The molecule has 0 heterocycles. The van der Waals surface area contributed by atoms with Crippen molar-refractivity contribution in [3.05, 3.63) is 24.3 Å². The minimum absolute atomic E-state index is 0. The molecule has 0 spiro atoms. The Labute approximate surface area is 229 Å². The molecule has 2 unspecified atom stereocenters. The van der Waals surface area contributed by atoms with Crippen molar-refractivity contribution in [3.8, 4) is 0 Å². The molecule has 0 N–H and O–H groups in total. The van der Waals surface area contributed by atoms with Crippen molar-refractivity contribution in [1.82, 2.24) is 9.80 Å². The molecule has 0 aliphatic carbocycles. The summed E-state index contributed by atoms with van der Waals surface area (Å²) >= 11 is 0. The molecule has 0 saturated carbocycles. The third kappa shape index (κ3) is 18.7. The van der Waals surface area contributed by atoms with E-state index in [-0.39, 0.29) is 62.4 Å². The van der Waals surface area contributed by atoms with Gasteiger partial charge in [0.2, 0.25) is 11.8 Å². The van der Waals surface area contributed by atoms with Crippen molar-refractivity contribution >= 4 is 61.5 Å². The number of aliphatic carboxylic acids is 2. The molecule has 33 heavy (non-hydrogen) atoms. The summed E-state index contributed by atoms with van der Waals surface area (Å²) in [5.74, 6) is -2.87. The van der Waals surface area contributed by atoms with Gasteiger partial charge in [-0.25, -0.2) is 0 Å². The van der Waals surface area contributed by atoms with E-state index in [9.17, 15) is 29.4 Å². The van der Waals surface area contributed by atoms with Crippen molar-refractivity contribution in [2.75, 3.05) is 14.1 Å². The number of nitrogens with zero attached hydrogens (tertiary/aromatic N) is 2. The van der Waals surface area contributed by atoms with Crippen LogP contribution in [0.1, 0.15) is 79.1 Å². The van der Waals surface area contributed by atoms with E-state index in [0.717, 1.165) is 38.5 Å². The van der Waals surface area contributed by atoms with Crippen molar-refractivity contribution in [3.63, 3.8) is 0 Å². The molecule has 0 aliphatic rings. The van der Waals surface area contributed by atoms with Gasteiger partial charge in [-0.05, 0) is 26.7 Å². The fraction of sp³-hybridized carbons (Fsp3) is 0.667. The molecule has 184 valence electrons. The predicted molar refractivity (Wildman–Crippen MR) is 127 cm³/mol. The van der Waals surface area contributed by atoms with Crippen LogP contribution >= 0.6 is 0 Å². The first-order valence-corrected chi connectivity index (χ1v) is 11.2. The first-order valence-electron chi connectivity index (χ1n) is 11.2. The summed E-state index contributed by atoms with van der Waals surface area (Å²) in [6.07, 6.45) is 14.4. The summed E-state index contributed by atoms with van der Waals surface area (Å²) in [5, 5.41) is 21.1. The van der Waals surface area contributed by atoms with Gasteiger partial charge in [0.1, 0.15) is 0 Å². The molecule has 0 aromatic heterocycles. The van der Waals surface area contributed by atoms with Crippen molar-refractivity contribution in [2.45, 2.75) is 91.1 Å². The Hall–Kier alpha value is -1.38. The molecule has 0 bridgehead atoms. The summed E-state index contributed by atoms with van der Waals surface area (Å²) in [6, 6.07) is -1.76. The maximum atomic E-state index is 11.5. The smallest absolute Gasteiger partial charge is 0.548 e. The Morgan fingerprint density at radius 1 is 0.697 bits per heavy atom. The minimum Gasteiger partial charge on any atom is -0.548 e. The molecule has 8 nitrogen and oxygen atoms in total. The van der Waals surface area contributed by atoms with Crippen molar-refractivity contribution in [2.24, 2.45) is 0 Å². The second kappa shape index (κ2) is 22.4. The number of hydrogen-bond acceptors (Lipinski definition) is 6. The Balaban J connectivity index is -0.000000529. The molecule has 0 aliphatic heterocycles. The standard InChI is InChI=1S/2C12H21NO3.Ca/c2*1-4-5-6-7-8-9-11(14)13(3)10(2)12(15)16;/h2*7-8,10H,4-6,9H2,1-3H3,(H,15,16);/q;;+2/p-2/b2*8-7+;. The van der Waals surface area contributed by atoms with Crippen LogP contribution in [0.5, 0.6) is 0 Å². The first kappa shape index (κ1) is 36.2. The Kier molecular flexibility index (Phi) is 24.6. The van der Waals surface area contributed by atoms with Gasteiger partial charge in [0.25, 0.3) is 0 Å². The largest absolute Gasteiger partial charge is 2.00 e. The number of allylic oxidation sites excluding steroid dienone is 2. The molecular weight excluding hydrogens is 452 g/mol. The average Bonchev–Trinajstić information content (AvgIpc) is 2.76. The van der Waals surface area contributed by atoms with Crippen molar-refractivity contribution < 1.29 is 29.4 Å². The molecule has 0 rings (SSSR count). The molecule has 9 heteroatoms. The fourth-order valence-corrected chi connectivity index (χ4v) is 2.28. The maximum Gasteiger partial charge on any atom is 2.00 e. The van der Waals surface area contributed by atoms with Gasteiger partial charge in [0.15, 0.2) is 0 Å². The number of carboxylic acid groups (broad SMARTS) is 2. The predicted octanol–water partition coefficient (Wildman–Crippen LogP) is 1.06. The van der Waals surface area contributed by atoms with Crippen LogP contribution in [0.4, 0.5) is 0 Å². The zero-order chi connectivity index (χ0) is 25.1. The van der Waals surface area contributed by atoms with Gasteiger partial charge in [-0.2, -0.15) is 0 Å². The monoisotopic (exact) mass is 492 g/mol. The fourth-order valence-electron chi connectivity index (χ4n) is 2.28.